The van der Waals surface area contributed by atoms with Gasteiger partial charge in [0.05, 0.1) is 0 Å². The number of pyridine rings is 1. The summed E-state index contributed by atoms with van der Waals surface area (Å²) in [6.07, 6.45) is 0. The Labute approximate surface area is 117 Å². The molecule has 0 saturated carbocycles. The number of nitrogens with one attached hydrogen (secondary N) is 1. The molecule has 1 N–H and O–H groups in total. The molecule has 0 aliphatic carbocycles. The lowest BCUT2D eigenvalue weighted by Crippen LogP contribution is -2.39. The molecule has 4 rings (SSSR count). The molecule has 0 radical (unpaired) electrons. The van der Waals surface area contributed by atoms with Crippen molar-refractivity contribution in [1.29, 1.82) is 0 Å². The van der Waals surface area contributed by atoms with E-state index in [2.05, 4.69) is 4.98 Å². The molecule has 0 bridgehead atoms. The second-order valence-electron chi connectivity index (χ2n) is 4.80. The van der Waals surface area contributed by atoms with Crippen LogP contribution in [-0.4, -0.2) is 4.98 Å². The Morgan fingerprint density at radius 3 is 2.24 bits per heavy atom. The van der Waals surface area contributed by atoms with Gasteiger partial charge in [0.25, 0.3) is 16.6 Å². The third kappa shape index (κ3) is 1.50. The van der Waals surface area contributed by atoms with Crippen molar-refractivity contribution in [2.45, 2.75) is 0 Å². The van der Waals surface area contributed by atoms with E-state index in [1.807, 2.05) is 0 Å². The second kappa shape index (κ2) is 3.92. The van der Waals surface area contributed by atoms with E-state index in [-0.39, 0.29) is 27.6 Å². The van der Waals surface area contributed by atoms with Gasteiger partial charge in [0.1, 0.15) is 5.52 Å². The van der Waals surface area contributed by atoms with Gasteiger partial charge in [-0.15, -0.1) is 0 Å². The van der Waals surface area contributed by atoms with E-state index >= 15 is 0 Å². The number of H-pyrrole nitrogens is 1. The zero-order valence-electron chi connectivity index (χ0n) is 10.7. The highest BCUT2D eigenvalue weighted by molar-refractivity contribution is 5.99. The summed E-state index contributed by atoms with van der Waals surface area (Å²) in [4.78, 5) is 14.2. The van der Waals surface area contributed by atoms with E-state index in [1.165, 1.54) is 6.07 Å². The molecule has 21 heavy (non-hydrogen) atoms. The SMILES string of the molecule is O=c1ccc2ccc3c(c2[nH]1)[n+]([O-])c1ccccc1[n+]3[O-]. The minimum Gasteiger partial charge on any atom is -0.617 e. The summed E-state index contributed by atoms with van der Waals surface area (Å²) in [6, 6.07) is 12.9. The van der Waals surface area contributed by atoms with Crippen LogP contribution in [0.25, 0.3) is 33.0 Å². The van der Waals surface area contributed by atoms with Crippen LogP contribution in [0.5, 0.6) is 0 Å². The molecule has 0 unspecified atom stereocenters. The fourth-order valence-electron chi connectivity index (χ4n) is 2.62. The fourth-order valence-corrected chi connectivity index (χ4v) is 2.62. The van der Waals surface area contributed by atoms with Gasteiger partial charge in [0.15, 0.2) is 0 Å². The summed E-state index contributed by atoms with van der Waals surface area (Å²) in [5, 5.41) is 25.7. The molecule has 6 heteroatoms. The fraction of sp³-hybridized carbons (Fsp3) is 0. The van der Waals surface area contributed by atoms with Crippen molar-refractivity contribution in [3.05, 3.63) is 69.3 Å². The van der Waals surface area contributed by atoms with Crippen LogP contribution in [0.4, 0.5) is 0 Å². The third-order valence-corrected chi connectivity index (χ3v) is 3.59. The smallest absolute Gasteiger partial charge is 0.314 e. The van der Waals surface area contributed by atoms with Crippen molar-refractivity contribution in [3.63, 3.8) is 0 Å². The maximum Gasteiger partial charge on any atom is 0.314 e. The average molecular weight is 279 g/mol. The van der Waals surface area contributed by atoms with Gasteiger partial charge >= 0.3 is 5.52 Å². The highest BCUT2D eigenvalue weighted by Gasteiger charge is 2.23. The summed E-state index contributed by atoms with van der Waals surface area (Å²) in [7, 11) is 0. The van der Waals surface area contributed by atoms with Crippen LogP contribution < -0.4 is 15.0 Å². The first-order chi connectivity index (χ1) is 10.2. The monoisotopic (exact) mass is 279 g/mol. The lowest BCUT2D eigenvalue weighted by molar-refractivity contribution is -0.590. The molecule has 4 aromatic rings. The first-order valence-electron chi connectivity index (χ1n) is 6.36. The number of fused-ring (bicyclic) bond motifs is 4. The maximum absolute atomic E-state index is 12.6. The van der Waals surface area contributed by atoms with Gasteiger partial charge in [-0.2, -0.15) is 9.46 Å². The molecule has 0 atom stereocenters. The largest absolute Gasteiger partial charge is 0.617 e. The average Bonchev–Trinajstić information content (AvgIpc) is 2.51. The van der Waals surface area contributed by atoms with Crippen molar-refractivity contribution >= 4 is 33.0 Å². The first kappa shape index (κ1) is 11.7. The van der Waals surface area contributed by atoms with Crippen molar-refractivity contribution in [1.82, 2.24) is 4.98 Å². The van der Waals surface area contributed by atoms with Gasteiger partial charge in [-0.25, -0.2) is 0 Å². The molecular formula is C15H9N3O3. The van der Waals surface area contributed by atoms with E-state index in [9.17, 15) is 15.2 Å². The topological polar surface area (TPSA) is 86.7 Å². The van der Waals surface area contributed by atoms with Crippen molar-refractivity contribution in [3.8, 4) is 0 Å². The Bertz CT molecular complexity index is 1090. The van der Waals surface area contributed by atoms with Gasteiger partial charge in [0.2, 0.25) is 5.56 Å². The number of rotatable bonds is 0. The van der Waals surface area contributed by atoms with Crippen LogP contribution in [-0.2, 0) is 0 Å². The molecule has 0 amide bonds. The van der Waals surface area contributed by atoms with E-state index in [4.69, 9.17) is 0 Å². The number of hydrogen-bond donors (Lipinski definition) is 1. The molecule has 2 heterocycles. The lowest BCUT2D eigenvalue weighted by atomic mass is 10.1. The Morgan fingerprint density at radius 1 is 0.810 bits per heavy atom. The number of nitrogens with zero attached hydrogens (tertiary/aromatic N) is 2. The zero-order valence-corrected chi connectivity index (χ0v) is 10.7. The normalized spacial score (nSPS) is 11.4. The summed E-state index contributed by atoms with van der Waals surface area (Å²) in [5.41, 5.74) is 0.984. The maximum atomic E-state index is 12.6. The predicted octanol–water partition coefficient (Wildman–Crippen LogP) is 1.10. The molecule has 0 fully saturated rings. The number of benzene rings is 2. The van der Waals surface area contributed by atoms with Gasteiger partial charge in [0, 0.05) is 29.7 Å². The van der Waals surface area contributed by atoms with Gasteiger partial charge < -0.3 is 15.4 Å². The Morgan fingerprint density at radius 2 is 1.48 bits per heavy atom. The highest BCUT2D eigenvalue weighted by atomic mass is 16.5. The lowest BCUT2D eigenvalue weighted by Gasteiger charge is -2.08. The molecule has 6 nitrogen and oxygen atoms in total. The minimum absolute atomic E-state index is 0.166. The van der Waals surface area contributed by atoms with Crippen molar-refractivity contribution < 1.29 is 9.46 Å². The molecule has 0 saturated heterocycles. The summed E-state index contributed by atoms with van der Waals surface area (Å²) in [5.74, 6) is 0. The molecule has 2 aromatic carbocycles. The summed E-state index contributed by atoms with van der Waals surface area (Å²) >= 11 is 0. The minimum atomic E-state index is -0.319. The Kier molecular flexibility index (Phi) is 2.18. The number of aromatic nitrogens is 3. The second-order valence-corrected chi connectivity index (χ2v) is 4.80. The number of hydrogen-bond acceptors (Lipinski definition) is 3. The van der Waals surface area contributed by atoms with E-state index in [0.29, 0.717) is 20.4 Å². The third-order valence-electron chi connectivity index (χ3n) is 3.59. The first-order valence-corrected chi connectivity index (χ1v) is 6.36. The van der Waals surface area contributed by atoms with Crippen molar-refractivity contribution in [2.75, 3.05) is 0 Å². The van der Waals surface area contributed by atoms with Crippen LogP contribution in [0.1, 0.15) is 0 Å². The molecule has 2 aromatic heterocycles. The van der Waals surface area contributed by atoms with Crippen LogP contribution in [0.3, 0.4) is 0 Å². The molecule has 0 aliphatic heterocycles. The van der Waals surface area contributed by atoms with E-state index in [1.54, 1.807) is 42.5 Å². The van der Waals surface area contributed by atoms with E-state index in [0.717, 1.165) is 0 Å². The zero-order chi connectivity index (χ0) is 14.6. The molecule has 0 spiro atoms. The van der Waals surface area contributed by atoms with Gasteiger partial charge in [-0.1, -0.05) is 12.1 Å². The molecule has 102 valence electrons. The van der Waals surface area contributed by atoms with Crippen LogP contribution in [0, 0.1) is 10.4 Å². The summed E-state index contributed by atoms with van der Waals surface area (Å²) in [6.45, 7) is 0. The molecule has 0 aliphatic rings. The predicted molar refractivity (Wildman–Crippen MR) is 77.5 cm³/mol. The van der Waals surface area contributed by atoms with Gasteiger partial charge in [-0.3, -0.25) is 4.79 Å². The quantitative estimate of drug-likeness (QED) is 0.226. The Balaban J connectivity index is 2.39. The van der Waals surface area contributed by atoms with Crippen molar-refractivity contribution in [2.24, 2.45) is 0 Å². The van der Waals surface area contributed by atoms with Gasteiger partial charge in [-0.05, 0) is 12.1 Å². The van der Waals surface area contributed by atoms with Crippen LogP contribution >= 0.6 is 0 Å². The molecular weight excluding hydrogens is 270 g/mol. The Hall–Kier alpha value is -3.15. The van der Waals surface area contributed by atoms with Crippen LogP contribution in [0.2, 0.25) is 0 Å². The number of aromatic amines is 1. The standard InChI is InChI=1S/C15H9N3O3/c19-13-8-6-9-5-7-12-15(14(9)16-13)18(21)11-4-2-1-3-10(11)17(12)20/h1-8H,(H,16,19). The van der Waals surface area contributed by atoms with Crippen LogP contribution in [0.15, 0.2) is 53.3 Å². The highest BCUT2D eigenvalue weighted by Crippen LogP contribution is 2.19. The summed E-state index contributed by atoms with van der Waals surface area (Å²) < 4.78 is 1.40. The number of para-hydroxylation sites is 2. The van der Waals surface area contributed by atoms with E-state index < -0.39 is 0 Å².